The molecule has 0 amide bonds. The molecule has 0 aliphatic carbocycles. The fraction of sp³-hybridized carbons (Fsp3) is 0.640. The Hall–Kier alpha value is -2.65. The van der Waals surface area contributed by atoms with E-state index in [1.165, 1.54) is 31.5 Å². The molecule has 0 radical (unpaired) electrons. The Bertz CT molecular complexity index is 689. The summed E-state index contributed by atoms with van der Waals surface area (Å²) in [6.07, 6.45) is 10.6. The number of aromatic nitrogens is 2. The van der Waals surface area contributed by atoms with E-state index in [0.717, 1.165) is 13.0 Å². The van der Waals surface area contributed by atoms with Crippen molar-refractivity contribution in [1.29, 1.82) is 0 Å². The highest BCUT2D eigenvalue weighted by molar-refractivity contribution is 5.76. The number of methoxy groups -OCH3 is 1. The molecule has 34 heavy (non-hydrogen) atoms. The van der Waals surface area contributed by atoms with E-state index in [1.807, 2.05) is 39.6 Å². The zero-order chi connectivity index (χ0) is 26.4. The van der Waals surface area contributed by atoms with Crippen LogP contribution in [0.2, 0.25) is 0 Å². The minimum absolute atomic E-state index is 0.252. The summed E-state index contributed by atoms with van der Waals surface area (Å²) in [6, 6.07) is 0.252. The quantitative estimate of drug-likeness (QED) is 0.379. The predicted octanol–water partition coefficient (Wildman–Crippen LogP) is 4.03. The number of carbonyl (C=O) groups is 1. The minimum Gasteiger partial charge on any atom is -0.461 e. The molecule has 0 spiro atoms. The van der Waals surface area contributed by atoms with Crippen LogP contribution >= 0.6 is 0 Å². The van der Waals surface area contributed by atoms with Crippen molar-refractivity contribution in [3.05, 3.63) is 23.8 Å². The molecule has 0 saturated carbocycles. The normalized spacial score (nSPS) is 13.1. The van der Waals surface area contributed by atoms with E-state index in [4.69, 9.17) is 20.0 Å². The molecule has 0 aromatic carbocycles. The van der Waals surface area contributed by atoms with Gasteiger partial charge in [0.2, 0.25) is 0 Å². The van der Waals surface area contributed by atoms with Gasteiger partial charge in [-0.2, -0.15) is 9.97 Å². The molecule has 2 heterocycles. The third-order valence-corrected chi connectivity index (χ3v) is 4.54. The van der Waals surface area contributed by atoms with E-state index in [2.05, 4.69) is 52.3 Å². The molecule has 0 bridgehead atoms. The van der Waals surface area contributed by atoms with Crippen molar-refractivity contribution in [1.82, 2.24) is 14.9 Å². The maximum atomic E-state index is 8.00. The van der Waals surface area contributed by atoms with Gasteiger partial charge in [0, 0.05) is 34.8 Å². The lowest BCUT2D eigenvalue weighted by Crippen LogP contribution is -2.21. The van der Waals surface area contributed by atoms with E-state index in [-0.39, 0.29) is 6.01 Å². The topological polar surface area (TPSA) is 106 Å². The fourth-order valence-corrected chi connectivity index (χ4v) is 3.15. The van der Waals surface area contributed by atoms with Crippen LogP contribution in [0.1, 0.15) is 47.0 Å². The number of anilines is 3. The highest BCUT2D eigenvalue weighted by Gasteiger charge is 2.13. The molecule has 1 saturated heterocycles. The second kappa shape index (κ2) is 22.2. The Balaban J connectivity index is 0. The number of nitrogens with zero attached hydrogens (tertiary/aromatic N) is 4. The molecule has 0 unspecified atom stereocenters. The SMILES string of the molecule is C/C=C\C(=C/CC)CN1CCCC1.C=O.CC.CNc1c(N)nc(OCCOC)nc1N(C)C. The van der Waals surface area contributed by atoms with Crippen LogP contribution in [0.3, 0.4) is 0 Å². The number of hydrogen-bond donors (Lipinski definition) is 2. The van der Waals surface area contributed by atoms with Crippen molar-refractivity contribution in [2.24, 2.45) is 0 Å². The third kappa shape index (κ3) is 13.8. The van der Waals surface area contributed by atoms with Crippen molar-refractivity contribution in [2.45, 2.75) is 47.0 Å². The lowest BCUT2D eigenvalue weighted by atomic mass is 10.2. The first-order valence-corrected chi connectivity index (χ1v) is 11.9. The number of nitrogens with one attached hydrogen (secondary N) is 1. The molecule has 1 aliphatic rings. The smallest absolute Gasteiger partial charge is 0.320 e. The van der Waals surface area contributed by atoms with Gasteiger partial charge in [0.25, 0.3) is 0 Å². The van der Waals surface area contributed by atoms with E-state index in [0.29, 0.717) is 30.5 Å². The van der Waals surface area contributed by atoms with Gasteiger partial charge in [-0.1, -0.05) is 39.0 Å². The van der Waals surface area contributed by atoms with Crippen LogP contribution in [0.5, 0.6) is 6.01 Å². The summed E-state index contributed by atoms with van der Waals surface area (Å²) in [7, 11) is 7.13. The fourth-order valence-electron chi connectivity index (χ4n) is 3.15. The number of hydrogen-bond acceptors (Lipinski definition) is 9. The maximum absolute atomic E-state index is 8.00. The van der Waals surface area contributed by atoms with E-state index in [1.54, 1.807) is 14.2 Å². The summed E-state index contributed by atoms with van der Waals surface area (Å²) in [6.45, 7) is 14.9. The summed E-state index contributed by atoms with van der Waals surface area (Å²) < 4.78 is 10.2. The van der Waals surface area contributed by atoms with Crippen LogP contribution in [0, 0.1) is 0 Å². The van der Waals surface area contributed by atoms with Crippen LogP contribution in [0.15, 0.2) is 23.8 Å². The molecule has 2 rings (SSSR count). The van der Waals surface area contributed by atoms with E-state index >= 15 is 0 Å². The standard InChI is InChI=1S/C12H21N.C10H19N5O2.C2H6.CH2O/c1-3-7-12(8-4-2)11-13-9-5-6-10-13;1-12-7-8(11)13-10(17-6-5-16-4)14-9(7)15(2)3;2*1-2/h3,7-8H,4-6,9-11H2,1-2H3;12H,5-6H2,1-4H3,(H2,11,13,14);1-2H3;1H2/b7-3-,12-8+;;;. The second-order valence-corrected chi connectivity index (χ2v) is 7.25. The first-order valence-electron chi connectivity index (χ1n) is 11.9. The number of allylic oxidation sites excluding steroid dienone is 2. The van der Waals surface area contributed by atoms with Gasteiger partial charge in [-0.3, -0.25) is 4.90 Å². The third-order valence-electron chi connectivity index (χ3n) is 4.54. The Labute approximate surface area is 207 Å². The molecule has 9 nitrogen and oxygen atoms in total. The number of nitrogen functional groups attached to an aromatic ring is 1. The maximum Gasteiger partial charge on any atom is 0.320 e. The number of likely N-dealkylation sites (tertiary alicyclic amines) is 1. The van der Waals surface area contributed by atoms with Gasteiger partial charge in [0.1, 0.15) is 19.1 Å². The zero-order valence-corrected chi connectivity index (χ0v) is 22.7. The Morgan fingerprint density at radius 1 is 1.21 bits per heavy atom. The highest BCUT2D eigenvalue weighted by Crippen LogP contribution is 2.28. The first kappa shape index (κ1) is 33.5. The van der Waals surface area contributed by atoms with Crippen molar-refractivity contribution >= 4 is 24.1 Å². The first-order chi connectivity index (χ1) is 16.5. The van der Waals surface area contributed by atoms with Crippen LogP contribution in [0.25, 0.3) is 0 Å². The van der Waals surface area contributed by atoms with Gasteiger partial charge in [0.15, 0.2) is 11.6 Å². The summed E-state index contributed by atoms with van der Waals surface area (Å²) in [4.78, 5) is 20.7. The van der Waals surface area contributed by atoms with Crippen LogP contribution in [-0.2, 0) is 9.53 Å². The minimum atomic E-state index is 0.252. The monoisotopic (exact) mass is 480 g/mol. The summed E-state index contributed by atoms with van der Waals surface area (Å²) in [5.41, 5.74) is 7.99. The van der Waals surface area contributed by atoms with Crippen LogP contribution < -0.4 is 20.7 Å². The van der Waals surface area contributed by atoms with E-state index in [9.17, 15) is 0 Å². The molecule has 1 fully saturated rings. The lowest BCUT2D eigenvalue weighted by Gasteiger charge is -2.17. The van der Waals surface area contributed by atoms with Gasteiger partial charge in [-0.05, 0) is 44.8 Å². The molecule has 9 heteroatoms. The molecular formula is C25H48N6O3. The number of carbonyl (C=O) groups excluding carboxylic acids is 1. The van der Waals surface area contributed by atoms with Crippen molar-refractivity contribution in [3.8, 4) is 6.01 Å². The van der Waals surface area contributed by atoms with Crippen LogP contribution in [0.4, 0.5) is 17.3 Å². The summed E-state index contributed by atoms with van der Waals surface area (Å²) in [5, 5.41) is 2.97. The van der Waals surface area contributed by atoms with Gasteiger partial charge in [-0.15, -0.1) is 0 Å². The van der Waals surface area contributed by atoms with Crippen molar-refractivity contribution in [3.63, 3.8) is 0 Å². The van der Waals surface area contributed by atoms with Gasteiger partial charge >= 0.3 is 6.01 Å². The Morgan fingerprint density at radius 2 is 1.82 bits per heavy atom. The average molecular weight is 481 g/mol. The molecular weight excluding hydrogens is 432 g/mol. The second-order valence-electron chi connectivity index (χ2n) is 7.25. The Morgan fingerprint density at radius 3 is 2.29 bits per heavy atom. The predicted molar refractivity (Wildman–Crippen MR) is 145 cm³/mol. The zero-order valence-electron chi connectivity index (χ0n) is 22.7. The molecule has 0 atom stereocenters. The van der Waals surface area contributed by atoms with Crippen molar-refractivity contribution < 1.29 is 14.3 Å². The van der Waals surface area contributed by atoms with Gasteiger partial charge < -0.3 is 30.2 Å². The Kier molecular flexibility index (Phi) is 21.8. The summed E-state index contributed by atoms with van der Waals surface area (Å²) in [5.74, 6) is 1.05. The number of nitrogens with two attached hydrogens (primary N) is 1. The molecule has 3 N–H and O–H groups in total. The highest BCUT2D eigenvalue weighted by atomic mass is 16.5. The molecule has 1 aliphatic heterocycles. The van der Waals surface area contributed by atoms with E-state index < -0.39 is 0 Å². The molecule has 1 aromatic heterocycles. The summed E-state index contributed by atoms with van der Waals surface area (Å²) >= 11 is 0. The molecule has 196 valence electrons. The average Bonchev–Trinajstić information content (AvgIpc) is 3.35. The van der Waals surface area contributed by atoms with Crippen LogP contribution in [-0.4, -0.2) is 82.8 Å². The number of rotatable bonds is 10. The number of ether oxygens (including phenoxy) is 2. The largest absolute Gasteiger partial charge is 0.461 e. The molecule has 1 aromatic rings. The van der Waals surface area contributed by atoms with Gasteiger partial charge in [-0.25, -0.2) is 0 Å². The van der Waals surface area contributed by atoms with Gasteiger partial charge in [0.05, 0.1) is 6.61 Å². The lowest BCUT2D eigenvalue weighted by molar-refractivity contribution is -0.0979. The van der Waals surface area contributed by atoms with Crippen molar-refractivity contribution in [2.75, 3.05) is 77.1 Å².